The third-order valence-corrected chi connectivity index (χ3v) is 2.72. The standard InChI is InChI=1S/C13H16N4O/c1-3-17(8-11-4-6-14-7-5-11)13(18)12-9-16(2)10-15-12/h4-7,9-10H,3,8H2,1-2H3. The van der Waals surface area contributed by atoms with Gasteiger partial charge in [-0.25, -0.2) is 4.98 Å². The molecule has 2 rings (SSSR count). The summed E-state index contributed by atoms with van der Waals surface area (Å²) >= 11 is 0. The fourth-order valence-electron chi connectivity index (χ4n) is 1.72. The molecule has 2 heterocycles. The van der Waals surface area contributed by atoms with Gasteiger partial charge in [0, 0.05) is 38.7 Å². The van der Waals surface area contributed by atoms with E-state index >= 15 is 0 Å². The van der Waals surface area contributed by atoms with Gasteiger partial charge < -0.3 is 9.47 Å². The number of rotatable bonds is 4. The Bertz CT molecular complexity index is 521. The highest BCUT2D eigenvalue weighted by Crippen LogP contribution is 2.07. The molecular formula is C13H16N4O. The predicted octanol–water partition coefficient (Wildman–Crippen LogP) is 1.48. The minimum atomic E-state index is -0.0464. The van der Waals surface area contributed by atoms with Gasteiger partial charge in [-0.2, -0.15) is 0 Å². The average Bonchev–Trinajstić information content (AvgIpc) is 2.83. The van der Waals surface area contributed by atoms with Gasteiger partial charge in [-0.3, -0.25) is 9.78 Å². The van der Waals surface area contributed by atoms with Crippen LogP contribution in [0, 0.1) is 0 Å². The number of hydrogen-bond acceptors (Lipinski definition) is 3. The third kappa shape index (κ3) is 2.74. The molecule has 94 valence electrons. The minimum Gasteiger partial charge on any atom is -0.340 e. The highest BCUT2D eigenvalue weighted by atomic mass is 16.2. The molecule has 0 aliphatic rings. The Morgan fingerprint density at radius 2 is 2.11 bits per heavy atom. The zero-order valence-electron chi connectivity index (χ0n) is 10.6. The lowest BCUT2D eigenvalue weighted by atomic mass is 10.2. The first-order valence-electron chi connectivity index (χ1n) is 5.87. The molecule has 0 unspecified atom stereocenters. The molecular weight excluding hydrogens is 228 g/mol. The summed E-state index contributed by atoms with van der Waals surface area (Å²) in [4.78, 5) is 22.0. The molecule has 0 aliphatic heterocycles. The second kappa shape index (κ2) is 5.44. The van der Waals surface area contributed by atoms with E-state index in [2.05, 4.69) is 9.97 Å². The number of aryl methyl sites for hydroxylation is 1. The number of amides is 1. The summed E-state index contributed by atoms with van der Waals surface area (Å²) in [5.74, 6) is -0.0464. The molecule has 2 aromatic heterocycles. The lowest BCUT2D eigenvalue weighted by Crippen LogP contribution is -2.30. The SMILES string of the molecule is CCN(Cc1ccncc1)C(=O)c1cn(C)cn1. The zero-order chi connectivity index (χ0) is 13.0. The summed E-state index contributed by atoms with van der Waals surface area (Å²) in [6, 6.07) is 3.82. The Balaban J connectivity index is 2.12. The molecule has 0 aliphatic carbocycles. The van der Waals surface area contributed by atoms with Crippen molar-refractivity contribution in [2.24, 2.45) is 7.05 Å². The Kier molecular flexibility index (Phi) is 3.72. The summed E-state index contributed by atoms with van der Waals surface area (Å²) in [6.07, 6.45) is 6.83. The van der Waals surface area contributed by atoms with Crippen molar-refractivity contribution in [3.63, 3.8) is 0 Å². The Morgan fingerprint density at radius 3 is 2.67 bits per heavy atom. The fraction of sp³-hybridized carbons (Fsp3) is 0.308. The van der Waals surface area contributed by atoms with Crippen molar-refractivity contribution >= 4 is 5.91 Å². The van der Waals surface area contributed by atoms with Gasteiger partial charge >= 0.3 is 0 Å². The first-order chi connectivity index (χ1) is 8.70. The lowest BCUT2D eigenvalue weighted by molar-refractivity contribution is 0.0747. The van der Waals surface area contributed by atoms with Crippen molar-refractivity contribution in [2.75, 3.05) is 6.54 Å². The molecule has 0 saturated heterocycles. The van der Waals surface area contributed by atoms with Crippen molar-refractivity contribution in [2.45, 2.75) is 13.5 Å². The van der Waals surface area contributed by atoms with Gasteiger partial charge in [0.15, 0.2) is 0 Å². The van der Waals surface area contributed by atoms with Gasteiger partial charge in [-0.05, 0) is 24.6 Å². The maximum absolute atomic E-state index is 12.2. The average molecular weight is 244 g/mol. The molecule has 1 amide bonds. The quantitative estimate of drug-likeness (QED) is 0.818. The van der Waals surface area contributed by atoms with Crippen LogP contribution in [0.3, 0.4) is 0 Å². The Morgan fingerprint density at radius 1 is 1.39 bits per heavy atom. The number of nitrogens with zero attached hydrogens (tertiary/aromatic N) is 4. The summed E-state index contributed by atoms with van der Waals surface area (Å²) < 4.78 is 1.77. The molecule has 0 bridgehead atoms. The molecule has 5 nitrogen and oxygen atoms in total. The summed E-state index contributed by atoms with van der Waals surface area (Å²) in [7, 11) is 1.85. The molecule has 0 spiro atoms. The molecule has 0 saturated carbocycles. The highest BCUT2D eigenvalue weighted by molar-refractivity contribution is 5.92. The third-order valence-electron chi connectivity index (χ3n) is 2.72. The predicted molar refractivity (Wildman–Crippen MR) is 67.9 cm³/mol. The topological polar surface area (TPSA) is 51.0 Å². The van der Waals surface area contributed by atoms with E-state index in [4.69, 9.17) is 0 Å². The summed E-state index contributed by atoms with van der Waals surface area (Å²) in [6.45, 7) is 3.19. The smallest absolute Gasteiger partial charge is 0.274 e. The van der Waals surface area contributed by atoms with Crippen molar-refractivity contribution in [3.05, 3.63) is 48.3 Å². The van der Waals surface area contributed by atoms with Crippen LogP contribution in [0.25, 0.3) is 0 Å². The lowest BCUT2D eigenvalue weighted by Gasteiger charge is -2.19. The number of pyridine rings is 1. The summed E-state index contributed by atoms with van der Waals surface area (Å²) in [5.41, 5.74) is 1.55. The van der Waals surface area contributed by atoms with E-state index in [1.807, 2.05) is 26.1 Å². The molecule has 0 atom stereocenters. The normalized spacial score (nSPS) is 10.3. The molecule has 2 aromatic rings. The van der Waals surface area contributed by atoms with E-state index in [-0.39, 0.29) is 5.91 Å². The molecule has 0 aromatic carbocycles. The van der Waals surface area contributed by atoms with Crippen LogP contribution in [0.5, 0.6) is 0 Å². The number of carbonyl (C=O) groups is 1. The van der Waals surface area contributed by atoms with Gasteiger partial charge in [0.05, 0.1) is 6.33 Å². The van der Waals surface area contributed by atoms with Crippen molar-refractivity contribution in [3.8, 4) is 0 Å². The van der Waals surface area contributed by atoms with Gasteiger partial charge in [0.2, 0.25) is 0 Å². The monoisotopic (exact) mass is 244 g/mol. The van der Waals surface area contributed by atoms with Gasteiger partial charge in [0.1, 0.15) is 5.69 Å². The van der Waals surface area contributed by atoms with Crippen LogP contribution >= 0.6 is 0 Å². The first kappa shape index (κ1) is 12.3. The van der Waals surface area contributed by atoms with Crippen molar-refractivity contribution < 1.29 is 4.79 Å². The molecule has 0 N–H and O–H groups in total. The maximum atomic E-state index is 12.2. The van der Waals surface area contributed by atoms with E-state index in [1.54, 1.807) is 34.4 Å². The maximum Gasteiger partial charge on any atom is 0.274 e. The van der Waals surface area contributed by atoms with E-state index in [9.17, 15) is 4.79 Å². The molecule has 18 heavy (non-hydrogen) atoms. The van der Waals surface area contributed by atoms with Crippen LogP contribution in [0.1, 0.15) is 23.0 Å². The van der Waals surface area contributed by atoms with Crippen molar-refractivity contribution in [1.29, 1.82) is 0 Å². The van der Waals surface area contributed by atoms with Gasteiger partial charge in [0.25, 0.3) is 5.91 Å². The number of hydrogen-bond donors (Lipinski definition) is 0. The van der Waals surface area contributed by atoms with Crippen LogP contribution in [0.15, 0.2) is 37.1 Å². The van der Waals surface area contributed by atoms with E-state index in [0.29, 0.717) is 18.8 Å². The van der Waals surface area contributed by atoms with Crippen LogP contribution in [-0.4, -0.2) is 31.9 Å². The van der Waals surface area contributed by atoms with Crippen LogP contribution < -0.4 is 0 Å². The van der Waals surface area contributed by atoms with Crippen LogP contribution in [0.4, 0.5) is 0 Å². The molecule has 0 radical (unpaired) electrons. The van der Waals surface area contributed by atoms with Gasteiger partial charge in [-0.1, -0.05) is 0 Å². The van der Waals surface area contributed by atoms with Crippen LogP contribution in [0.2, 0.25) is 0 Å². The Labute approximate surface area is 106 Å². The largest absolute Gasteiger partial charge is 0.340 e. The molecule has 0 fully saturated rings. The van der Waals surface area contributed by atoms with E-state index in [0.717, 1.165) is 5.56 Å². The zero-order valence-corrected chi connectivity index (χ0v) is 10.6. The second-order valence-corrected chi connectivity index (χ2v) is 4.10. The van der Waals surface area contributed by atoms with E-state index < -0.39 is 0 Å². The van der Waals surface area contributed by atoms with Crippen LogP contribution in [-0.2, 0) is 13.6 Å². The first-order valence-corrected chi connectivity index (χ1v) is 5.87. The minimum absolute atomic E-state index is 0.0464. The molecule has 5 heteroatoms. The number of carbonyl (C=O) groups excluding carboxylic acids is 1. The van der Waals surface area contributed by atoms with Gasteiger partial charge in [-0.15, -0.1) is 0 Å². The van der Waals surface area contributed by atoms with Crippen molar-refractivity contribution in [1.82, 2.24) is 19.4 Å². The number of aromatic nitrogens is 3. The van der Waals surface area contributed by atoms with E-state index in [1.165, 1.54) is 0 Å². The Hall–Kier alpha value is -2.17. The second-order valence-electron chi connectivity index (χ2n) is 4.10. The summed E-state index contributed by atoms with van der Waals surface area (Å²) in [5, 5.41) is 0. The number of imidazole rings is 1. The highest BCUT2D eigenvalue weighted by Gasteiger charge is 2.16. The fourth-order valence-corrected chi connectivity index (χ4v) is 1.72.